The number of rotatable bonds is 11. The van der Waals surface area contributed by atoms with Gasteiger partial charge in [-0.15, -0.1) is 0 Å². The molecule has 1 N–H and O–H groups in total. The summed E-state index contributed by atoms with van der Waals surface area (Å²) in [4.78, 5) is 28.5. The Morgan fingerprint density at radius 3 is 2.12 bits per heavy atom. The highest BCUT2D eigenvalue weighted by molar-refractivity contribution is 9.10. The van der Waals surface area contributed by atoms with E-state index in [1.165, 1.54) is 0 Å². The van der Waals surface area contributed by atoms with Gasteiger partial charge in [-0.3, -0.25) is 9.59 Å². The average Bonchev–Trinajstić information content (AvgIpc) is 2.85. The van der Waals surface area contributed by atoms with Gasteiger partial charge in [0, 0.05) is 24.0 Å². The number of benzene rings is 3. The van der Waals surface area contributed by atoms with Gasteiger partial charge in [0.15, 0.2) is 6.61 Å². The van der Waals surface area contributed by atoms with Crippen molar-refractivity contribution in [1.82, 2.24) is 10.2 Å². The van der Waals surface area contributed by atoms with Crippen LogP contribution in [0.2, 0.25) is 0 Å². The summed E-state index contributed by atoms with van der Waals surface area (Å²) in [5, 5.41) is 3.03. The van der Waals surface area contributed by atoms with Gasteiger partial charge in [-0.2, -0.15) is 0 Å². The molecule has 6 heteroatoms. The summed E-state index contributed by atoms with van der Waals surface area (Å²) in [5.41, 5.74) is 1.93. The standard InChI is InChI=1S/C28H31BrN2O3/c1-21(2)18-30-28(33)26(17-22-9-5-3-6-10-22)31(19-23-13-15-24(29)16-14-23)27(32)20-34-25-11-7-4-8-12-25/h3-16,21,26H,17-20H2,1-2H3,(H,30,33). The normalized spacial score (nSPS) is 11.6. The third-order valence-electron chi connectivity index (χ3n) is 5.33. The number of carbonyl (C=O) groups is 2. The molecule has 1 unspecified atom stereocenters. The molecule has 1 atom stereocenters. The van der Waals surface area contributed by atoms with Crippen molar-refractivity contribution in [3.05, 3.63) is 101 Å². The molecule has 0 fully saturated rings. The molecule has 5 nitrogen and oxygen atoms in total. The van der Waals surface area contributed by atoms with Crippen LogP contribution in [0.1, 0.15) is 25.0 Å². The zero-order valence-corrected chi connectivity index (χ0v) is 21.2. The van der Waals surface area contributed by atoms with E-state index in [2.05, 4.69) is 21.2 Å². The van der Waals surface area contributed by atoms with Crippen molar-refractivity contribution in [2.24, 2.45) is 5.92 Å². The molecule has 0 aliphatic heterocycles. The molecule has 34 heavy (non-hydrogen) atoms. The molecule has 2 amide bonds. The first-order valence-corrected chi connectivity index (χ1v) is 12.2. The molecule has 0 saturated carbocycles. The number of hydrogen-bond donors (Lipinski definition) is 1. The van der Waals surface area contributed by atoms with E-state index in [0.717, 1.165) is 15.6 Å². The molecule has 0 saturated heterocycles. The van der Waals surface area contributed by atoms with Gasteiger partial charge in [-0.25, -0.2) is 0 Å². The molecule has 178 valence electrons. The predicted molar refractivity (Wildman–Crippen MR) is 138 cm³/mol. The Bertz CT molecular complexity index is 1040. The summed E-state index contributed by atoms with van der Waals surface area (Å²) in [6.45, 7) is 4.79. The summed E-state index contributed by atoms with van der Waals surface area (Å²) in [7, 11) is 0. The largest absolute Gasteiger partial charge is 0.484 e. The van der Waals surface area contributed by atoms with Crippen LogP contribution >= 0.6 is 15.9 Å². The van der Waals surface area contributed by atoms with Crippen LogP contribution in [0.15, 0.2) is 89.4 Å². The van der Waals surface area contributed by atoms with Crippen LogP contribution in [0.4, 0.5) is 0 Å². The van der Waals surface area contributed by atoms with Crippen LogP contribution in [0, 0.1) is 5.92 Å². The van der Waals surface area contributed by atoms with E-state index in [1.807, 2.05) is 98.8 Å². The third kappa shape index (κ3) is 8.03. The number of hydrogen-bond acceptors (Lipinski definition) is 3. The molecule has 3 aromatic rings. The number of ether oxygens (including phenoxy) is 1. The summed E-state index contributed by atoms with van der Waals surface area (Å²) in [6.07, 6.45) is 0.415. The number of nitrogens with zero attached hydrogens (tertiary/aromatic N) is 1. The molecule has 0 radical (unpaired) electrons. The van der Waals surface area contributed by atoms with E-state index in [1.54, 1.807) is 4.90 Å². The molecule has 3 rings (SSSR count). The lowest BCUT2D eigenvalue weighted by molar-refractivity contribution is -0.142. The number of halogens is 1. The second-order valence-corrected chi connectivity index (χ2v) is 9.51. The second kappa shape index (κ2) is 12.9. The van der Waals surface area contributed by atoms with Gasteiger partial charge >= 0.3 is 0 Å². The summed E-state index contributed by atoms with van der Waals surface area (Å²) >= 11 is 3.46. The molecule has 0 aromatic heterocycles. The SMILES string of the molecule is CC(C)CNC(=O)C(Cc1ccccc1)N(Cc1ccc(Br)cc1)C(=O)COc1ccccc1. The van der Waals surface area contributed by atoms with Crippen LogP contribution in [-0.2, 0) is 22.6 Å². The van der Waals surface area contributed by atoms with E-state index < -0.39 is 6.04 Å². The second-order valence-electron chi connectivity index (χ2n) is 8.59. The fourth-order valence-corrected chi connectivity index (χ4v) is 3.77. The van der Waals surface area contributed by atoms with E-state index in [0.29, 0.717) is 31.2 Å². The first-order valence-electron chi connectivity index (χ1n) is 11.5. The van der Waals surface area contributed by atoms with Crippen molar-refractivity contribution in [3.8, 4) is 5.75 Å². The maximum absolute atomic E-state index is 13.5. The van der Waals surface area contributed by atoms with Crippen molar-refractivity contribution in [2.75, 3.05) is 13.2 Å². The highest BCUT2D eigenvalue weighted by Gasteiger charge is 2.30. The Morgan fingerprint density at radius 1 is 0.882 bits per heavy atom. The number of carbonyl (C=O) groups excluding carboxylic acids is 2. The van der Waals surface area contributed by atoms with Crippen molar-refractivity contribution in [2.45, 2.75) is 32.9 Å². The van der Waals surface area contributed by atoms with E-state index in [4.69, 9.17) is 4.74 Å². The Kier molecular flexibility index (Phi) is 9.71. The minimum absolute atomic E-state index is 0.150. The van der Waals surface area contributed by atoms with Gasteiger partial charge in [0.05, 0.1) is 0 Å². The zero-order chi connectivity index (χ0) is 24.3. The van der Waals surface area contributed by atoms with Gasteiger partial charge in [-0.1, -0.05) is 90.4 Å². The Morgan fingerprint density at radius 2 is 1.50 bits per heavy atom. The zero-order valence-electron chi connectivity index (χ0n) is 19.6. The average molecular weight is 523 g/mol. The van der Waals surface area contributed by atoms with Crippen molar-refractivity contribution in [3.63, 3.8) is 0 Å². The van der Waals surface area contributed by atoms with Crippen molar-refractivity contribution >= 4 is 27.7 Å². The maximum Gasteiger partial charge on any atom is 0.261 e. The van der Waals surface area contributed by atoms with Crippen molar-refractivity contribution in [1.29, 1.82) is 0 Å². The minimum atomic E-state index is -0.670. The Balaban J connectivity index is 1.88. The van der Waals surface area contributed by atoms with Crippen LogP contribution in [0.5, 0.6) is 5.75 Å². The lowest BCUT2D eigenvalue weighted by Crippen LogP contribution is -2.52. The maximum atomic E-state index is 13.5. The number of nitrogens with one attached hydrogen (secondary N) is 1. The molecule has 3 aromatic carbocycles. The predicted octanol–water partition coefficient (Wildman–Crippen LogP) is 5.24. The van der Waals surface area contributed by atoms with Gasteiger partial charge < -0.3 is 15.0 Å². The fourth-order valence-electron chi connectivity index (χ4n) is 3.51. The number of amides is 2. The Labute approximate surface area is 210 Å². The van der Waals surface area contributed by atoms with Crippen LogP contribution < -0.4 is 10.1 Å². The minimum Gasteiger partial charge on any atom is -0.484 e. The van der Waals surface area contributed by atoms with E-state index in [-0.39, 0.29) is 18.4 Å². The summed E-state index contributed by atoms with van der Waals surface area (Å²) in [6, 6.07) is 26.1. The van der Waals surface area contributed by atoms with Gasteiger partial charge in [0.25, 0.3) is 5.91 Å². The first kappa shape index (κ1) is 25.5. The molecule has 0 heterocycles. The first-order chi connectivity index (χ1) is 16.4. The van der Waals surface area contributed by atoms with Gasteiger partial charge in [0.2, 0.25) is 5.91 Å². The van der Waals surface area contributed by atoms with Gasteiger partial charge in [-0.05, 0) is 41.3 Å². The Hall–Kier alpha value is -3.12. The molecule has 0 spiro atoms. The van der Waals surface area contributed by atoms with Crippen LogP contribution in [0.3, 0.4) is 0 Å². The molecule has 0 aliphatic rings. The monoisotopic (exact) mass is 522 g/mol. The smallest absolute Gasteiger partial charge is 0.261 e. The van der Waals surface area contributed by atoms with Gasteiger partial charge in [0.1, 0.15) is 11.8 Å². The van der Waals surface area contributed by atoms with E-state index in [9.17, 15) is 9.59 Å². The molecule has 0 bridgehead atoms. The van der Waals surface area contributed by atoms with Crippen LogP contribution in [-0.4, -0.2) is 35.9 Å². The summed E-state index contributed by atoms with van der Waals surface area (Å²) in [5.74, 6) is 0.511. The highest BCUT2D eigenvalue weighted by Crippen LogP contribution is 2.18. The number of para-hydroxylation sites is 1. The molecular weight excluding hydrogens is 492 g/mol. The third-order valence-corrected chi connectivity index (χ3v) is 5.86. The fraction of sp³-hybridized carbons (Fsp3) is 0.286. The van der Waals surface area contributed by atoms with Crippen molar-refractivity contribution < 1.29 is 14.3 Å². The highest BCUT2D eigenvalue weighted by atomic mass is 79.9. The summed E-state index contributed by atoms with van der Waals surface area (Å²) < 4.78 is 6.71. The van der Waals surface area contributed by atoms with Crippen LogP contribution in [0.25, 0.3) is 0 Å². The molecular formula is C28H31BrN2O3. The lowest BCUT2D eigenvalue weighted by atomic mass is 10.0. The quantitative estimate of drug-likeness (QED) is 0.374. The topological polar surface area (TPSA) is 58.6 Å². The van der Waals surface area contributed by atoms with E-state index >= 15 is 0 Å². The lowest BCUT2D eigenvalue weighted by Gasteiger charge is -2.31. The molecule has 0 aliphatic carbocycles.